The molecule has 0 heterocycles. The van der Waals surface area contributed by atoms with E-state index in [1.165, 1.54) is 18.2 Å². The zero-order valence-electron chi connectivity index (χ0n) is 7.39. The minimum Gasteiger partial charge on any atom is -0.398 e. The van der Waals surface area contributed by atoms with Gasteiger partial charge in [0.15, 0.2) is 0 Å². The van der Waals surface area contributed by atoms with Crippen LogP contribution in [0.1, 0.15) is 5.56 Å². The Bertz CT molecular complexity index is 350. The fourth-order valence-corrected chi connectivity index (χ4v) is 0.865. The quantitative estimate of drug-likeness (QED) is 0.497. The predicted octanol–water partition coefficient (Wildman–Crippen LogP) is 0.979. The van der Waals surface area contributed by atoms with Crippen molar-refractivity contribution in [1.29, 1.82) is 0 Å². The Morgan fingerprint density at radius 2 is 2.31 bits per heavy atom. The van der Waals surface area contributed by atoms with Crippen molar-refractivity contribution in [2.24, 2.45) is 0 Å². The van der Waals surface area contributed by atoms with Crippen LogP contribution in [0, 0.1) is 17.7 Å². The van der Waals surface area contributed by atoms with Crippen LogP contribution < -0.4 is 11.1 Å². The van der Waals surface area contributed by atoms with E-state index in [1.807, 2.05) is 0 Å². The van der Waals surface area contributed by atoms with Gasteiger partial charge in [-0.25, -0.2) is 4.39 Å². The van der Waals surface area contributed by atoms with Gasteiger partial charge in [0.05, 0.1) is 12.1 Å². The normalized spacial score (nSPS) is 9.08. The molecular weight excluding hydrogens is 167 g/mol. The van der Waals surface area contributed by atoms with Crippen molar-refractivity contribution in [1.82, 2.24) is 5.32 Å². The zero-order chi connectivity index (χ0) is 9.68. The van der Waals surface area contributed by atoms with E-state index in [-0.39, 0.29) is 5.82 Å². The highest BCUT2D eigenvalue weighted by atomic mass is 19.1. The summed E-state index contributed by atoms with van der Waals surface area (Å²) in [6.07, 6.45) is 0. The molecule has 0 spiro atoms. The van der Waals surface area contributed by atoms with Crippen molar-refractivity contribution in [3.63, 3.8) is 0 Å². The standard InChI is InChI=1S/C10H11FN2/c1-13-6-2-3-8-7-9(11)4-5-10(8)12/h4-5,7,13H,6,12H2,1H3. The van der Waals surface area contributed by atoms with Gasteiger partial charge in [0, 0.05) is 5.69 Å². The van der Waals surface area contributed by atoms with Crippen LogP contribution in [-0.2, 0) is 0 Å². The Labute approximate surface area is 76.9 Å². The molecule has 0 saturated carbocycles. The summed E-state index contributed by atoms with van der Waals surface area (Å²) < 4.78 is 12.7. The van der Waals surface area contributed by atoms with Gasteiger partial charge in [0.1, 0.15) is 5.82 Å². The second-order valence-corrected chi connectivity index (χ2v) is 2.56. The summed E-state index contributed by atoms with van der Waals surface area (Å²) in [5.74, 6) is 5.27. The average Bonchev–Trinajstić information content (AvgIpc) is 2.11. The van der Waals surface area contributed by atoms with Crippen molar-refractivity contribution >= 4 is 5.69 Å². The summed E-state index contributed by atoms with van der Waals surface area (Å²) in [7, 11) is 1.80. The van der Waals surface area contributed by atoms with Gasteiger partial charge in [-0.15, -0.1) is 0 Å². The van der Waals surface area contributed by atoms with Crippen LogP contribution in [0.3, 0.4) is 0 Å². The average molecular weight is 178 g/mol. The molecule has 13 heavy (non-hydrogen) atoms. The van der Waals surface area contributed by atoms with Crippen LogP contribution in [-0.4, -0.2) is 13.6 Å². The van der Waals surface area contributed by atoms with Gasteiger partial charge >= 0.3 is 0 Å². The van der Waals surface area contributed by atoms with Gasteiger partial charge in [0.25, 0.3) is 0 Å². The highest BCUT2D eigenvalue weighted by molar-refractivity contribution is 5.55. The largest absolute Gasteiger partial charge is 0.398 e. The van der Waals surface area contributed by atoms with Crippen molar-refractivity contribution in [2.75, 3.05) is 19.3 Å². The summed E-state index contributed by atoms with van der Waals surface area (Å²) in [4.78, 5) is 0. The lowest BCUT2D eigenvalue weighted by Gasteiger charge is -1.96. The fourth-order valence-electron chi connectivity index (χ4n) is 0.865. The number of benzene rings is 1. The van der Waals surface area contributed by atoms with Crippen LogP contribution in [0.4, 0.5) is 10.1 Å². The molecule has 1 aromatic rings. The molecule has 0 aliphatic carbocycles. The first-order valence-electron chi connectivity index (χ1n) is 3.92. The van der Waals surface area contributed by atoms with Crippen LogP contribution in [0.5, 0.6) is 0 Å². The molecule has 0 unspecified atom stereocenters. The summed E-state index contributed by atoms with van der Waals surface area (Å²) in [5, 5.41) is 2.86. The summed E-state index contributed by atoms with van der Waals surface area (Å²) in [6, 6.07) is 4.16. The summed E-state index contributed by atoms with van der Waals surface area (Å²) >= 11 is 0. The van der Waals surface area contributed by atoms with E-state index in [1.54, 1.807) is 7.05 Å². The first kappa shape index (κ1) is 9.56. The molecule has 3 N–H and O–H groups in total. The molecule has 0 fully saturated rings. The van der Waals surface area contributed by atoms with E-state index in [9.17, 15) is 4.39 Å². The Hall–Kier alpha value is -1.53. The number of anilines is 1. The highest BCUT2D eigenvalue weighted by Gasteiger charge is 1.96. The fraction of sp³-hybridized carbons (Fsp3) is 0.200. The van der Waals surface area contributed by atoms with Crippen molar-refractivity contribution < 1.29 is 4.39 Å². The molecule has 0 aromatic heterocycles. The van der Waals surface area contributed by atoms with Crippen LogP contribution in [0.15, 0.2) is 18.2 Å². The smallest absolute Gasteiger partial charge is 0.124 e. The number of nitrogen functional groups attached to an aromatic ring is 1. The molecule has 68 valence electrons. The molecule has 0 aliphatic heterocycles. The zero-order valence-corrected chi connectivity index (χ0v) is 7.39. The van der Waals surface area contributed by atoms with Crippen LogP contribution in [0.25, 0.3) is 0 Å². The van der Waals surface area contributed by atoms with Gasteiger partial charge in [-0.3, -0.25) is 0 Å². The third-order valence-electron chi connectivity index (χ3n) is 1.50. The van der Waals surface area contributed by atoms with Crippen LogP contribution >= 0.6 is 0 Å². The van der Waals surface area contributed by atoms with E-state index in [0.29, 0.717) is 17.8 Å². The minimum absolute atomic E-state index is 0.317. The lowest BCUT2D eigenvalue weighted by atomic mass is 10.2. The molecular formula is C10H11FN2. The molecule has 2 nitrogen and oxygen atoms in total. The van der Waals surface area contributed by atoms with Crippen molar-refractivity contribution in [3.05, 3.63) is 29.6 Å². The molecule has 0 atom stereocenters. The number of nitrogens with two attached hydrogens (primary N) is 1. The Kier molecular flexibility index (Phi) is 3.30. The van der Waals surface area contributed by atoms with E-state index < -0.39 is 0 Å². The third kappa shape index (κ3) is 2.77. The molecule has 1 aromatic carbocycles. The maximum Gasteiger partial charge on any atom is 0.124 e. The maximum absolute atomic E-state index is 12.7. The first-order chi connectivity index (χ1) is 6.24. The van der Waals surface area contributed by atoms with Crippen molar-refractivity contribution in [2.45, 2.75) is 0 Å². The van der Waals surface area contributed by atoms with Crippen molar-refractivity contribution in [3.8, 4) is 11.8 Å². The van der Waals surface area contributed by atoms with Crippen LogP contribution in [0.2, 0.25) is 0 Å². The lowest BCUT2D eigenvalue weighted by Crippen LogP contribution is -2.04. The third-order valence-corrected chi connectivity index (χ3v) is 1.50. The molecule has 0 aliphatic rings. The monoisotopic (exact) mass is 178 g/mol. The second-order valence-electron chi connectivity index (χ2n) is 2.56. The Morgan fingerprint density at radius 1 is 1.54 bits per heavy atom. The predicted molar refractivity (Wildman–Crippen MR) is 51.6 cm³/mol. The number of rotatable bonds is 1. The highest BCUT2D eigenvalue weighted by Crippen LogP contribution is 2.11. The number of hydrogen-bond acceptors (Lipinski definition) is 2. The molecule has 0 amide bonds. The minimum atomic E-state index is -0.317. The topological polar surface area (TPSA) is 38.0 Å². The second kappa shape index (κ2) is 4.48. The SMILES string of the molecule is CNCC#Cc1cc(F)ccc1N. The maximum atomic E-state index is 12.7. The van der Waals surface area contributed by atoms with E-state index in [4.69, 9.17) is 5.73 Å². The van der Waals surface area contributed by atoms with Gasteiger partial charge in [-0.1, -0.05) is 11.8 Å². The molecule has 1 rings (SSSR count). The summed E-state index contributed by atoms with van der Waals surface area (Å²) in [5.41, 5.74) is 6.62. The van der Waals surface area contributed by atoms with E-state index in [0.717, 1.165) is 0 Å². The Morgan fingerprint density at radius 3 is 3.00 bits per heavy atom. The van der Waals surface area contributed by atoms with Gasteiger partial charge < -0.3 is 11.1 Å². The van der Waals surface area contributed by atoms with Gasteiger partial charge in [0.2, 0.25) is 0 Å². The van der Waals surface area contributed by atoms with Gasteiger partial charge in [-0.2, -0.15) is 0 Å². The first-order valence-corrected chi connectivity index (χ1v) is 3.92. The molecule has 0 saturated heterocycles. The number of hydrogen-bond donors (Lipinski definition) is 2. The van der Waals surface area contributed by atoms with Gasteiger partial charge in [-0.05, 0) is 25.2 Å². The molecule has 3 heteroatoms. The number of halogens is 1. The summed E-state index contributed by atoms with van der Waals surface area (Å²) in [6.45, 7) is 0.565. The molecule has 0 radical (unpaired) electrons. The van der Waals surface area contributed by atoms with E-state index in [2.05, 4.69) is 17.2 Å². The lowest BCUT2D eigenvalue weighted by molar-refractivity contribution is 0.627. The number of nitrogens with one attached hydrogen (secondary N) is 1. The molecule has 0 bridgehead atoms. The van der Waals surface area contributed by atoms with E-state index >= 15 is 0 Å². The Balaban J connectivity index is 2.89.